The molecular formula is C11H10BrFN2O. The second-order valence-corrected chi connectivity index (χ2v) is 4.03. The van der Waals surface area contributed by atoms with Gasteiger partial charge in [0.05, 0.1) is 11.9 Å². The van der Waals surface area contributed by atoms with E-state index < -0.39 is 0 Å². The highest BCUT2D eigenvalue weighted by atomic mass is 79.9. The van der Waals surface area contributed by atoms with Crippen LogP contribution in [-0.4, -0.2) is 9.55 Å². The molecule has 0 N–H and O–H groups in total. The van der Waals surface area contributed by atoms with Gasteiger partial charge in [0.1, 0.15) is 18.2 Å². The van der Waals surface area contributed by atoms with Gasteiger partial charge in [-0.15, -0.1) is 0 Å². The molecule has 0 aliphatic carbocycles. The van der Waals surface area contributed by atoms with E-state index in [0.717, 1.165) is 10.4 Å². The summed E-state index contributed by atoms with van der Waals surface area (Å²) in [6.45, 7) is 0.404. The average Bonchev–Trinajstić information content (AvgIpc) is 2.60. The fraction of sp³-hybridized carbons (Fsp3) is 0.182. The number of rotatable bonds is 3. The van der Waals surface area contributed by atoms with E-state index in [0.29, 0.717) is 12.4 Å². The summed E-state index contributed by atoms with van der Waals surface area (Å²) in [5, 5.41) is 0. The molecule has 0 aliphatic heterocycles. The molecule has 0 aliphatic rings. The van der Waals surface area contributed by atoms with Gasteiger partial charge in [0.15, 0.2) is 4.73 Å². The Morgan fingerprint density at radius 3 is 2.62 bits per heavy atom. The van der Waals surface area contributed by atoms with Gasteiger partial charge in [0, 0.05) is 7.05 Å². The van der Waals surface area contributed by atoms with Crippen molar-refractivity contribution in [2.75, 3.05) is 0 Å². The smallest absolute Gasteiger partial charge is 0.177 e. The number of nitrogens with zero attached hydrogens (tertiary/aromatic N) is 2. The summed E-state index contributed by atoms with van der Waals surface area (Å²) in [4.78, 5) is 4.08. The van der Waals surface area contributed by atoms with E-state index in [1.165, 1.54) is 12.1 Å². The molecule has 1 aromatic carbocycles. The van der Waals surface area contributed by atoms with Crippen LogP contribution in [0, 0.1) is 5.82 Å². The zero-order valence-corrected chi connectivity index (χ0v) is 10.2. The van der Waals surface area contributed by atoms with E-state index in [2.05, 4.69) is 20.9 Å². The fourth-order valence-electron chi connectivity index (χ4n) is 1.24. The third-order valence-corrected chi connectivity index (χ3v) is 2.96. The monoisotopic (exact) mass is 284 g/mol. The molecule has 0 radical (unpaired) electrons. The van der Waals surface area contributed by atoms with Gasteiger partial charge < -0.3 is 9.30 Å². The van der Waals surface area contributed by atoms with Crippen molar-refractivity contribution in [1.29, 1.82) is 0 Å². The van der Waals surface area contributed by atoms with Gasteiger partial charge in [-0.25, -0.2) is 9.37 Å². The maximum absolute atomic E-state index is 12.6. The van der Waals surface area contributed by atoms with Crippen LogP contribution in [0.1, 0.15) is 5.69 Å². The number of benzene rings is 1. The zero-order valence-electron chi connectivity index (χ0n) is 8.65. The van der Waals surface area contributed by atoms with Crippen LogP contribution in [0.25, 0.3) is 0 Å². The van der Waals surface area contributed by atoms with Crippen LogP contribution in [0.5, 0.6) is 5.75 Å². The molecular weight excluding hydrogens is 275 g/mol. The summed E-state index contributed by atoms with van der Waals surface area (Å²) >= 11 is 3.30. The SMILES string of the molecule is Cn1c(COc2ccc(F)cc2)cnc1Br. The Balaban J connectivity index is 2.02. The van der Waals surface area contributed by atoms with E-state index in [4.69, 9.17) is 4.74 Å². The first-order chi connectivity index (χ1) is 7.66. The van der Waals surface area contributed by atoms with Crippen molar-refractivity contribution < 1.29 is 9.13 Å². The zero-order chi connectivity index (χ0) is 11.5. The van der Waals surface area contributed by atoms with E-state index in [9.17, 15) is 4.39 Å². The molecule has 0 fully saturated rings. The highest BCUT2D eigenvalue weighted by Crippen LogP contribution is 2.15. The Labute approximate surface area is 101 Å². The normalized spacial score (nSPS) is 10.4. The number of aromatic nitrogens is 2. The Bertz CT molecular complexity index is 481. The van der Waals surface area contributed by atoms with Crippen LogP contribution in [0.3, 0.4) is 0 Å². The first-order valence-corrected chi connectivity index (χ1v) is 5.50. The molecule has 16 heavy (non-hydrogen) atoms. The van der Waals surface area contributed by atoms with Gasteiger partial charge in [0.25, 0.3) is 0 Å². The molecule has 2 aromatic rings. The lowest BCUT2D eigenvalue weighted by Gasteiger charge is -2.06. The fourth-order valence-corrected chi connectivity index (χ4v) is 1.57. The third-order valence-electron chi connectivity index (χ3n) is 2.23. The van der Waals surface area contributed by atoms with Crippen LogP contribution in [0.4, 0.5) is 4.39 Å². The van der Waals surface area contributed by atoms with E-state index >= 15 is 0 Å². The van der Waals surface area contributed by atoms with Crippen LogP contribution in [-0.2, 0) is 13.7 Å². The Morgan fingerprint density at radius 1 is 1.38 bits per heavy atom. The van der Waals surface area contributed by atoms with Crippen molar-refractivity contribution in [3.8, 4) is 5.75 Å². The Hall–Kier alpha value is -1.36. The maximum Gasteiger partial charge on any atom is 0.177 e. The maximum atomic E-state index is 12.6. The van der Waals surface area contributed by atoms with Crippen molar-refractivity contribution in [3.63, 3.8) is 0 Å². The molecule has 0 saturated heterocycles. The quantitative estimate of drug-likeness (QED) is 0.867. The molecule has 1 heterocycles. The van der Waals surface area contributed by atoms with Gasteiger partial charge in [0.2, 0.25) is 0 Å². The molecule has 3 nitrogen and oxygen atoms in total. The third kappa shape index (κ3) is 2.41. The lowest BCUT2D eigenvalue weighted by Crippen LogP contribution is -2.01. The molecule has 5 heteroatoms. The predicted octanol–water partition coefficient (Wildman–Crippen LogP) is 2.90. The standard InChI is InChI=1S/C11H10BrFN2O/c1-15-9(6-14-11(15)12)7-16-10-4-2-8(13)3-5-10/h2-6H,7H2,1H3. The molecule has 0 amide bonds. The minimum Gasteiger partial charge on any atom is -0.487 e. The summed E-state index contributed by atoms with van der Waals surface area (Å²) in [7, 11) is 1.89. The summed E-state index contributed by atoms with van der Waals surface area (Å²) in [6.07, 6.45) is 1.73. The minimum atomic E-state index is -0.268. The number of hydrogen-bond donors (Lipinski definition) is 0. The van der Waals surface area contributed by atoms with Crippen molar-refractivity contribution >= 4 is 15.9 Å². The van der Waals surface area contributed by atoms with Crippen LogP contribution in [0.15, 0.2) is 35.2 Å². The van der Waals surface area contributed by atoms with E-state index in [-0.39, 0.29) is 5.82 Å². The number of ether oxygens (including phenoxy) is 1. The molecule has 84 valence electrons. The molecule has 0 atom stereocenters. The number of imidazole rings is 1. The van der Waals surface area contributed by atoms with Gasteiger partial charge in [-0.3, -0.25) is 0 Å². The summed E-state index contributed by atoms with van der Waals surface area (Å²) in [5.74, 6) is 0.370. The lowest BCUT2D eigenvalue weighted by atomic mass is 10.3. The highest BCUT2D eigenvalue weighted by Gasteiger charge is 2.04. The first kappa shape index (κ1) is 11.1. The summed E-state index contributed by atoms with van der Waals surface area (Å²) < 4.78 is 20.8. The van der Waals surface area contributed by atoms with Crippen molar-refractivity contribution in [3.05, 3.63) is 46.7 Å². The predicted molar refractivity (Wildman–Crippen MR) is 61.6 cm³/mol. The largest absolute Gasteiger partial charge is 0.487 e. The van der Waals surface area contributed by atoms with Gasteiger partial charge >= 0.3 is 0 Å². The molecule has 0 bridgehead atoms. The summed E-state index contributed by atoms with van der Waals surface area (Å²) in [5.41, 5.74) is 0.941. The second-order valence-electron chi connectivity index (χ2n) is 3.32. The van der Waals surface area contributed by atoms with Crippen LogP contribution in [0.2, 0.25) is 0 Å². The summed E-state index contributed by atoms with van der Waals surface area (Å²) in [6, 6.07) is 5.93. The van der Waals surface area contributed by atoms with E-state index in [1.807, 2.05) is 11.6 Å². The molecule has 0 spiro atoms. The topological polar surface area (TPSA) is 27.1 Å². The van der Waals surface area contributed by atoms with Gasteiger partial charge in [-0.1, -0.05) is 0 Å². The van der Waals surface area contributed by atoms with Crippen LogP contribution < -0.4 is 4.74 Å². The molecule has 1 aromatic heterocycles. The highest BCUT2D eigenvalue weighted by molar-refractivity contribution is 9.10. The molecule has 0 unspecified atom stereocenters. The Kier molecular flexibility index (Phi) is 3.24. The first-order valence-electron chi connectivity index (χ1n) is 4.71. The van der Waals surface area contributed by atoms with Crippen molar-refractivity contribution in [2.45, 2.75) is 6.61 Å². The van der Waals surface area contributed by atoms with Crippen molar-refractivity contribution in [2.24, 2.45) is 7.05 Å². The minimum absolute atomic E-state index is 0.268. The number of halogens is 2. The average molecular weight is 285 g/mol. The lowest BCUT2D eigenvalue weighted by molar-refractivity contribution is 0.296. The van der Waals surface area contributed by atoms with Gasteiger partial charge in [-0.2, -0.15) is 0 Å². The van der Waals surface area contributed by atoms with Gasteiger partial charge in [-0.05, 0) is 40.2 Å². The Morgan fingerprint density at radius 2 is 2.06 bits per heavy atom. The second kappa shape index (κ2) is 4.65. The van der Waals surface area contributed by atoms with E-state index in [1.54, 1.807) is 18.3 Å². The van der Waals surface area contributed by atoms with Crippen LogP contribution >= 0.6 is 15.9 Å². The molecule has 0 saturated carbocycles. The number of hydrogen-bond acceptors (Lipinski definition) is 2. The molecule has 2 rings (SSSR count). The van der Waals surface area contributed by atoms with Crippen molar-refractivity contribution in [1.82, 2.24) is 9.55 Å².